The van der Waals surface area contributed by atoms with Crippen LogP contribution in [-0.2, 0) is 14.8 Å². The molecule has 3 aliphatic rings. The number of amides is 1. The van der Waals surface area contributed by atoms with Crippen molar-refractivity contribution in [2.24, 2.45) is 11.3 Å². The standard InChI is InChI=1S/C23H30FN3O3S/c1-16(2)26-14-18-12-23(18,3)13-21(15-26)31(29,30)27-9-7-17(8-10-27)22(28)25-20-6-4-5-19(24)11-20/h4-6,11,14-17H,7-10,12-13H2,1-3H3,(H,25,28). The lowest BCUT2D eigenvalue weighted by Gasteiger charge is -2.32. The Bertz CT molecular complexity index is 1040. The van der Waals surface area contributed by atoms with Gasteiger partial charge < -0.3 is 10.2 Å². The molecule has 1 aliphatic carbocycles. The Morgan fingerprint density at radius 1 is 1.19 bits per heavy atom. The molecule has 0 spiro atoms. The average molecular weight is 448 g/mol. The van der Waals surface area contributed by atoms with E-state index < -0.39 is 15.8 Å². The highest BCUT2D eigenvalue weighted by Crippen LogP contribution is 2.58. The van der Waals surface area contributed by atoms with Crippen molar-refractivity contribution in [2.75, 3.05) is 18.4 Å². The van der Waals surface area contributed by atoms with Crippen molar-refractivity contribution in [3.63, 3.8) is 0 Å². The number of allylic oxidation sites excluding steroid dienone is 2. The molecule has 2 aliphatic heterocycles. The van der Waals surface area contributed by atoms with Crippen molar-refractivity contribution in [1.29, 1.82) is 0 Å². The van der Waals surface area contributed by atoms with E-state index in [0.29, 0.717) is 42.9 Å². The molecule has 4 rings (SSSR count). The largest absolute Gasteiger partial charge is 0.351 e. The van der Waals surface area contributed by atoms with Gasteiger partial charge in [-0.3, -0.25) is 4.79 Å². The highest BCUT2D eigenvalue weighted by atomic mass is 32.2. The molecule has 1 saturated heterocycles. The van der Waals surface area contributed by atoms with Gasteiger partial charge in [-0.15, -0.1) is 0 Å². The van der Waals surface area contributed by atoms with Crippen LogP contribution < -0.4 is 5.32 Å². The molecular formula is C23H30FN3O3S. The Kier molecular flexibility index (Phi) is 5.72. The second-order valence-corrected chi connectivity index (χ2v) is 11.4. The second kappa shape index (κ2) is 8.06. The van der Waals surface area contributed by atoms with E-state index in [1.165, 1.54) is 22.0 Å². The third-order valence-electron chi connectivity index (χ3n) is 6.58. The van der Waals surface area contributed by atoms with E-state index in [0.717, 1.165) is 6.42 Å². The molecule has 6 nitrogen and oxygen atoms in total. The molecule has 1 amide bonds. The smallest absolute Gasteiger partial charge is 0.240 e. The fraction of sp³-hybridized carbons (Fsp3) is 0.522. The molecule has 2 heterocycles. The van der Waals surface area contributed by atoms with E-state index in [1.807, 2.05) is 18.7 Å². The number of piperidine rings is 1. The summed E-state index contributed by atoms with van der Waals surface area (Å²) in [5, 5.41) is 2.74. The summed E-state index contributed by atoms with van der Waals surface area (Å²) in [6.07, 6.45) is 6.23. The van der Waals surface area contributed by atoms with Crippen LogP contribution in [0, 0.1) is 17.2 Å². The van der Waals surface area contributed by atoms with Crippen LogP contribution in [0.4, 0.5) is 10.1 Å². The molecule has 1 aromatic rings. The number of carbonyl (C=O) groups excluding carboxylic acids is 1. The van der Waals surface area contributed by atoms with Crippen LogP contribution in [0.15, 0.2) is 47.1 Å². The van der Waals surface area contributed by atoms with Gasteiger partial charge in [0.2, 0.25) is 15.9 Å². The zero-order valence-electron chi connectivity index (χ0n) is 18.3. The molecule has 2 fully saturated rings. The monoisotopic (exact) mass is 447 g/mol. The van der Waals surface area contributed by atoms with E-state index in [9.17, 15) is 17.6 Å². The van der Waals surface area contributed by atoms with E-state index >= 15 is 0 Å². The van der Waals surface area contributed by atoms with Gasteiger partial charge in [-0.1, -0.05) is 13.0 Å². The number of sulfonamides is 1. The highest BCUT2D eigenvalue weighted by Gasteiger charge is 2.49. The zero-order valence-corrected chi connectivity index (χ0v) is 19.1. The van der Waals surface area contributed by atoms with Crippen molar-refractivity contribution in [3.05, 3.63) is 53.0 Å². The maximum Gasteiger partial charge on any atom is 0.240 e. The molecular weight excluding hydrogens is 417 g/mol. The SMILES string of the molecule is CC(C)N1C=C2CC2(C)CC(S(=O)(=O)N2CCC(C(=O)Nc3cccc(F)c3)CC2)=C1. The normalized spacial score (nSPS) is 24.9. The first kappa shape index (κ1) is 22.0. The Balaban J connectivity index is 1.42. The molecule has 0 radical (unpaired) electrons. The molecule has 0 aromatic heterocycles. The van der Waals surface area contributed by atoms with Gasteiger partial charge >= 0.3 is 0 Å². The average Bonchev–Trinajstić information content (AvgIpc) is 3.37. The molecule has 1 N–H and O–H groups in total. The lowest BCUT2D eigenvalue weighted by atomic mass is 9.97. The topological polar surface area (TPSA) is 69.7 Å². The van der Waals surface area contributed by atoms with Gasteiger partial charge in [0.1, 0.15) is 5.82 Å². The summed E-state index contributed by atoms with van der Waals surface area (Å²) >= 11 is 0. The molecule has 0 bridgehead atoms. The molecule has 1 saturated carbocycles. The number of hydrogen-bond acceptors (Lipinski definition) is 4. The van der Waals surface area contributed by atoms with Crippen LogP contribution in [0.1, 0.15) is 46.5 Å². The number of nitrogens with zero attached hydrogens (tertiary/aromatic N) is 2. The summed E-state index contributed by atoms with van der Waals surface area (Å²) in [6.45, 7) is 6.82. The first-order valence-corrected chi connectivity index (χ1v) is 12.3. The third kappa shape index (κ3) is 4.55. The van der Waals surface area contributed by atoms with E-state index in [4.69, 9.17) is 0 Å². The Hall–Kier alpha value is -2.19. The molecule has 1 unspecified atom stereocenters. The second-order valence-electron chi connectivity index (χ2n) is 9.38. The Labute approximate surface area is 183 Å². The lowest BCUT2D eigenvalue weighted by Crippen LogP contribution is -2.42. The first-order chi connectivity index (χ1) is 14.6. The van der Waals surface area contributed by atoms with Gasteiger partial charge in [0.05, 0.1) is 4.91 Å². The number of carbonyl (C=O) groups is 1. The van der Waals surface area contributed by atoms with E-state index in [1.54, 1.807) is 18.3 Å². The predicted octanol–water partition coefficient (Wildman–Crippen LogP) is 4.06. The van der Waals surface area contributed by atoms with E-state index in [-0.39, 0.29) is 23.3 Å². The van der Waals surface area contributed by atoms with Crippen molar-refractivity contribution < 1.29 is 17.6 Å². The van der Waals surface area contributed by atoms with Gasteiger partial charge in [0.25, 0.3) is 0 Å². The highest BCUT2D eigenvalue weighted by molar-refractivity contribution is 7.93. The number of nitrogens with one attached hydrogen (secondary N) is 1. The van der Waals surface area contributed by atoms with Crippen LogP contribution >= 0.6 is 0 Å². The number of anilines is 1. The minimum Gasteiger partial charge on any atom is -0.351 e. The third-order valence-corrected chi connectivity index (χ3v) is 8.54. The predicted molar refractivity (Wildman–Crippen MR) is 119 cm³/mol. The minimum absolute atomic E-state index is 0.0638. The summed E-state index contributed by atoms with van der Waals surface area (Å²) in [4.78, 5) is 15.0. The van der Waals surface area contributed by atoms with E-state index in [2.05, 4.69) is 18.4 Å². The van der Waals surface area contributed by atoms with Gasteiger partial charge in [0, 0.05) is 43.1 Å². The summed E-state index contributed by atoms with van der Waals surface area (Å²) in [5.74, 6) is -0.895. The first-order valence-electron chi connectivity index (χ1n) is 10.8. The quantitative estimate of drug-likeness (QED) is 0.739. The number of benzene rings is 1. The maximum atomic E-state index is 13.4. The van der Waals surface area contributed by atoms with Crippen LogP contribution in [0.2, 0.25) is 0 Å². The van der Waals surface area contributed by atoms with Gasteiger partial charge in [-0.2, -0.15) is 4.31 Å². The van der Waals surface area contributed by atoms with Crippen LogP contribution in [0.25, 0.3) is 0 Å². The lowest BCUT2D eigenvalue weighted by molar-refractivity contribution is -0.120. The maximum absolute atomic E-state index is 13.4. The van der Waals surface area contributed by atoms with Crippen molar-refractivity contribution in [3.8, 4) is 0 Å². The minimum atomic E-state index is -3.59. The van der Waals surface area contributed by atoms with Gasteiger partial charge in [0.15, 0.2) is 0 Å². The summed E-state index contributed by atoms with van der Waals surface area (Å²) in [7, 11) is -3.59. The molecule has 1 aromatic carbocycles. The Morgan fingerprint density at radius 3 is 2.55 bits per heavy atom. The van der Waals surface area contributed by atoms with Crippen molar-refractivity contribution in [1.82, 2.24) is 9.21 Å². The molecule has 8 heteroatoms. The van der Waals surface area contributed by atoms with Crippen LogP contribution in [0.3, 0.4) is 0 Å². The number of rotatable bonds is 5. The fourth-order valence-electron chi connectivity index (χ4n) is 4.36. The summed E-state index contributed by atoms with van der Waals surface area (Å²) in [6, 6.07) is 5.96. The molecule has 1 atom stereocenters. The zero-order chi connectivity index (χ0) is 22.4. The number of hydrogen-bond donors (Lipinski definition) is 1. The Morgan fingerprint density at radius 2 is 1.90 bits per heavy atom. The van der Waals surface area contributed by atoms with Crippen molar-refractivity contribution in [2.45, 2.75) is 52.5 Å². The fourth-order valence-corrected chi connectivity index (χ4v) is 6.14. The number of fused-ring (bicyclic) bond motifs is 1. The van der Waals surface area contributed by atoms with Crippen LogP contribution in [0.5, 0.6) is 0 Å². The van der Waals surface area contributed by atoms with Gasteiger partial charge in [-0.25, -0.2) is 12.8 Å². The number of halogens is 1. The summed E-state index contributed by atoms with van der Waals surface area (Å²) < 4.78 is 41.7. The summed E-state index contributed by atoms with van der Waals surface area (Å²) in [5.41, 5.74) is 1.65. The molecule has 31 heavy (non-hydrogen) atoms. The van der Waals surface area contributed by atoms with Crippen LogP contribution in [-0.4, -0.2) is 42.7 Å². The van der Waals surface area contributed by atoms with Crippen molar-refractivity contribution >= 4 is 21.6 Å². The van der Waals surface area contributed by atoms with Gasteiger partial charge in [-0.05, 0) is 68.7 Å². The molecule has 168 valence electrons.